The van der Waals surface area contributed by atoms with E-state index in [1.165, 1.54) is 23.7 Å². The van der Waals surface area contributed by atoms with Gasteiger partial charge in [-0.25, -0.2) is 4.98 Å². The number of amides is 1. The fraction of sp³-hybridized carbons (Fsp3) is 0.0625. The van der Waals surface area contributed by atoms with Gasteiger partial charge in [-0.2, -0.15) is 0 Å². The molecule has 0 aliphatic heterocycles. The molecule has 0 fully saturated rings. The first-order chi connectivity index (χ1) is 11.6. The molecule has 1 N–H and O–H groups in total. The summed E-state index contributed by atoms with van der Waals surface area (Å²) >= 11 is 13.2. The smallest absolute Gasteiger partial charge is 0.257 e. The van der Waals surface area contributed by atoms with Gasteiger partial charge in [0.1, 0.15) is 11.3 Å². The largest absolute Gasteiger partial charge is 0.436 e. The Morgan fingerprint density at radius 1 is 1.25 bits per heavy atom. The lowest BCUT2D eigenvalue weighted by Crippen LogP contribution is -2.23. The molecule has 0 aliphatic carbocycles. The van der Waals surface area contributed by atoms with E-state index in [1.54, 1.807) is 30.5 Å². The Morgan fingerprint density at radius 3 is 2.88 bits per heavy atom. The molecular weight excluding hydrogens is 369 g/mol. The van der Waals surface area contributed by atoms with Gasteiger partial charge in [-0.05, 0) is 24.3 Å². The van der Waals surface area contributed by atoms with Gasteiger partial charge >= 0.3 is 0 Å². The van der Waals surface area contributed by atoms with E-state index < -0.39 is 0 Å². The third-order valence-electron chi connectivity index (χ3n) is 2.96. The number of carbonyl (C=O) groups is 1. The maximum absolute atomic E-state index is 12.4. The van der Waals surface area contributed by atoms with Crippen LogP contribution in [0.3, 0.4) is 0 Å². The van der Waals surface area contributed by atoms with Crippen molar-refractivity contribution < 1.29 is 9.53 Å². The zero-order chi connectivity index (χ0) is 16.9. The van der Waals surface area contributed by atoms with E-state index in [0.29, 0.717) is 27.2 Å². The molecule has 3 heterocycles. The molecule has 0 aromatic carbocycles. The normalized spacial score (nSPS) is 10.4. The van der Waals surface area contributed by atoms with E-state index in [9.17, 15) is 4.79 Å². The fourth-order valence-electron chi connectivity index (χ4n) is 1.91. The number of pyridine rings is 2. The summed E-state index contributed by atoms with van der Waals surface area (Å²) in [5.41, 5.74) is 0.320. The maximum Gasteiger partial charge on any atom is 0.257 e. The van der Waals surface area contributed by atoms with Gasteiger partial charge in [-0.1, -0.05) is 23.2 Å². The van der Waals surface area contributed by atoms with Crippen LogP contribution in [-0.2, 0) is 6.54 Å². The standard InChI is InChI=1S/C16H11Cl2N3O2S/c17-10-6-11(8-19-7-10)23-16-13(2-1-5-20-16)15(22)21-9-12-3-4-14(18)24-12/h1-8H,9H2,(H,21,22). The highest BCUT2D eigenvalue weighted by Crippen LogP contribution is 2.25. The van der Waals surface area contributed by atoms with Crippen LogP contribution in [0.15, 0.2) is 48.9 Å². The molecule has 8 heteroatoms. The van der Waals surface area contributed by atoms with Crippen LogP contribution in [0.2, 0.25) is 9.36 Å². The second kappa shape index (κ2) is 7.61. The van der Waals surface area contributed by atoms with Gasteiger partial charge in [-0.15, -0.1) is 11.3 Å². The molecule has 0 aliphatic rings. The molecule has 122 valence electrons. The Hall–Kier alpha value is -2.15. The van der Waals surface area contributed by atoms with Crippen molar-refractivity contribution in [2.45, 2.75) is 6.54 Å². The van der Waals surface area contributed by atoms with Crippen LogP contribution in [0.5, 0.6) is 11.6 Å². The predicted molar refractivity (Wildman–Crippen MR) is 94.1 cm³/mol. The average Bonchev–Trinajstić information content (AvgIpc) is 2.99. The molecule has 5 nitrogen and oxygen atoms in total. The Bertz CT molecular complexity index is 870. The summed E-state index contributed by atoms with van der Waals surface area (Å²) in [5.74, 6) is 0.293. The van der Waals surface area contributed by atoms with Crippen molar-refractivity contribution in [2.24, 2.45) is 0 Å². The summed E-state index contributed by atoms with van der Waals surface area (Å²) in [6.45, 7) is 0.378. The van der Waals surface area contributed by atoms with E-state index in [0.717, 1.165) is 4.88 Å². The van der Waals surface area contributed by atoms with Gasteiger partial charge in [0, 0.05) is 23.3 Å². The minimum absolute atomic E-state index is 0.184. The van der Waals surface area contributed by atoms with Gasteiger partial charge in [0.15, 0.2) is 0 Å². The van der Waals surface area contributed by atoms with Crippen molar-refractivity contribution in [2.75, 3.05) is 0 Å². The van der Waals surface area contributed by atoms with Gasteiger partial charge in [0.05, 0.1) is 22.1 Å². The fourth-order valence-corrected chi connectivity index (χ4v) is 3.11. The van der Waals surface area contributed by atoms with E-state index >= 15 is 0 Å². The monoisotopic (exact) mass is 379 g/mol. The summed E-state index contributed by atoms with van der Waals surface area (Å²) < 4.78 is 6.31. The molecule has 24 heavy (non-hydrogen) atoms. The first kappa shape index (κ1) is 16.7. The number of nitrogens with zero attached hydrogens (tertiary/aromatic N) is 2. The van der Waals surface area contributed by atoms with Crippen molar-refractivity contribution in [1.29, 1.82) is 0 Å². The van der Waals surface area contributed by atoms with Crippen LogP contribution in [-0.4, -0.2) is 15.9 Å². The van der Waals surface area contributed by atoms with Gasteiger partial charge in [0.25, 0.3) is 5.91 Å². The molecule has 3 aromatic rings. The SMILES string of the molecule is O=C(NCc1ccc(Cl)s1)c1cccnc1Oc1cncc(Cl)c1. The quantitative estimate of drug-likeness (QED) is 0.705. The Balaban J connectivity index is 1.74. The summed E-state index contributed by atoms with van der Waals surface area (Å²) in [7, 11) is 0. The molecule has 0 saturated carbocycles. The molecule has 0 unspecified atom stereocenters. The number of rotatable bonds is 5. The Labute approximate surface area is 152 Å². The number of hydrogen-bond donors (Lipinski definition) is 1. The topological polar surface area (TPSA) is 64.1 Å². The maximum atomic E-state index is 12.4. The van der Waals surface area contributed by atoms with Crippen LogP contribution in [0.1, 0.15) is 15.2 Å². The molecule has 3 rings (SSSR count). The highest BCUT2D eigenvalue weighted by molar-refractivity contribution is 7.16. The van der Waals surface area contributed by atoms with Crippen molar-refractivity contribution >= 4 is 40.4 Å². The van der Waals surface area contributed by atoms with Gasteiger partial charge in [-0.3, -0.25) is 9.78 Å². The van der Waals surface area contributed by atoms with Gasteiger partial charge in [0.2, 0.25) is 5.88 Å². The van der Waals surface area contributed by atoms with E-state index in [1.807, 2.05) is 6.07 Å². The molecule has 0 bridgehead atoms. The number of carbonyl (C=O) groups excluding carboxylic acids is 1. The molecule has 0 atom stereocenters. The minimum Gasteiger partial charge on any atom is -0.436 e. The van der Waals surface area contributed by atoms with Crippen LogP contribution in [0.25, 0.3) is 0 Å². The highest BCUT2D eigenvalue weighted by atomic mass is 35.5. The minimum atomic E-state index is -0.294. The van der Waals surface area contributed by atoms with Crippen LogP contribution in [0.4, 0.5) is 0 Å². The predicted octanol–water partition coefficient (Wildman–Crippen LogP) is 4.57. The van der Waals surface area contributed by atoms with Crippen LogP contribution in [0, 0.1) is 0 Å². The van der Waals surface area contributed by atoms with Crippen molar-refractivity contribution in [3.63, 3.8) is 0 Å². The summed E-state index contributed by atoms with van der Waals surface area (Å²) in [6.07, 6.45) is 4.53. The van der Waals surface area contributed by atoms with Crippen LogP contribution < -0.4 is 10.1 Å². The molecule has 0 radical (unpaired) electrons. The second-order valence-corrected chi connectivity index (χ2v) is 6.92. The molecule has 0 saturated heterocycles. The molecule has 1 amide bonds. The molecular formula is C16H11Cl2N3O2S. The number of nitrogens with one attached hydrogen (secondary N) is 1. The van der Waals surface area contributed by atoms with E-state index in [2.05, 4.69) is 15.3 Å². The lowest BCUT2D eigenvalue weighted by atomic mass is 10.2. The Morgan fingerprint density at radius 2 is 2.12 bits per heavy atom. The zero-order valence-electron chi connectivity index (χ0n) is 12.2. The summed E-state index contributed by atoms with van der Waals surface area (Å²) in [4.78, 5) is 21.4. The summed E-state index contributed by atoms with van der Waals surface area (Å²) in [5, 5.41) is 3.25. The number of ether oxygens (including phenoxy) is 1. The highest BCUT2D eigenvalue weighted by Gasteiger charge is 2.14. The third kappa shape index (κ3) is 4.23. The van der Waals surface area contributed by atoms with E-state index in [-0.39, 0.29) is 11.8 Å². The lowest BCUT2D eigenvalue weighted by molar-refractivity contribution is 0.0948. The van der Waals surface area contributed by atoms with Crippen LogP contribution >= 0.6 is 34.5 Å². The van der Waals surface area contributed by atoms with Crippen molar-refractivity contribution in [1.82, 2.24) is 15.3 Å². The van der Waals surface area contributed by atoms with Gasteiger partial charge < -0.3 is 10.1 Å². The molecule has 3 aromatic heterocycles. The number of halogens is 2. The lowest BCUT2D eigenvalue weighted by Gasteiger charge is -2.10. The third-order valence-corrected chi connectivity index (χ3v) is 4.40. The van der Waals surface area contributed by atoms with Crippen molar-refractivity contribution in [3.05, 3.63) is 68.7 Å². The van der Waals surface area contributed by atoms with Crippen molar-refractivity contribution in [3.8, 4) is 11.6 Å². The zero-order valence-corrected chi connectivity index (χ0v) is 14.5. The van der Waals surface area contributed by atoms with E-state index in [4.69, 9.17) is 27.9 Å². The number of hydrogen-bond acceptors (Lipinski definition) is 5. The molecule has 0 spiro atoms. The first-order valence-electron chi connectivity index (χ1n) is 6.87. The Kier molecular flexibility index (Phi) is 5.30. The number of thiophene rings is 1. The first-order valence-corrected chi connectivity index (χ1v) is 8.45. The second-order valence-electron chi connectivity index (χ2n) is 4.69. The number of aromatic nitrogens is 2. The average molecular weight is 380 g/mol. The summed E-state index contributed by atoms with van der Waals surface area (Å²) in [6, 6.07) is 8.56.